The van der Waals surface area contributed by atoms with Crippen molar-refractivity contribution in [3.05, 3.63) is 12.2 Å². The molecule has 0 saturated carbocycles. The van der Waals surface area contributed by atoms with Gasteiger partial charge in [-0.15, -0.1) is 0 Å². The highest BCUT2D eigenvalue weighted by Gasteiger charge is 2.63. The predicted octanol–water partition coefficient (Wildman–Crippen LogP) is 6.24. The zero-order valence-corrected chi connectivity index (χ0v) is 38.6. The lowest BCUT2D eigenvalue weighted by molar-refractivity contribution is -0.398. The number of Topliss-reactive ketones (excluding diaryl/α,β-unsaturated/α-hetero) is 1. The van der Waals surface area contributed by atoms with E-state index < -0.39 is 82.9 Å². The van der Waals surface area contributed by atoms with Crippen molar-refractivity contribution in [1.82, 2.24) is 10.2 Å². The molecule has 0 unspecified atom stereocenters. The van der Waals surface area contributed by atoms with Gasteiger partial charge in [0.25, 0.3) is 0 Å². The molecule has 61 heavy (non-hydrogen) atoms. The molecule has 0 aromatic carbocycles. The van der Waals surface area contributed by atoms with Crippen molar-refractivity contribution in [3.63, 3.8) is 0 Å². The second-order valence-electron chi connectivity index (χ2n) is 20.0. The molecule has 18 atom stereocenters. The number of ether oxygens (including phenoxy) is 6. The molecule has 6 aliphatic rings. The van der Waals surface area contributed by atoms with Gasteiger partial charge in [0.05, 0.1) is 67.0 Å². The fraction of sp³-hybridized carbons (Fsp3) is 0.894. The fourth-order valence-electron chi connectivity index (χ4n) is 11.7. The van der Waals surface area contributed by atoms with Crippen molar-refractivity contribution in [2.24, 2.45) is 41.4 Å². The number of rotatable bonds is 13. The number of hydrogen-bond acceptors (Lipinski definition) is 11. The Hall–Kier alpha value is -2.17. The van der Waals surface area contributed by atoms with E-state index in [0.717, 1.165) is 6.42 Å². The van der Waals surface area contributed by atoms with Gasteiger partial charge in [-0.2, -0.15) is 0 Å². The minimum absolute atomic E-state index is 0.0170. The van der Waals surface area contributed by atoms with Crippen molar-refractivity contribution in [1.29, 1.82) is 0 Å². The van der Waals surface area contributed by atoms with E-state index in [4.69, 9.17) is 28.4 Å². The summed E-state index contributed by atoms with van der Waals surface area (Å²) in [5.41, 5.74) is -1.70. The number of carbonyl (C=O) groups is 3. The summed E-state index contributed by atoms with van der Waals surface area (Å²) in [7, 11) is 0. The van der Waals surface area contributed by atoms with Crippen LogP contribution in [0.5, 0.6) is 0 Å². The fourth-order valence-corrected chi connectivity index (χ4v) is 11.7. The third-order valence-corrected chi connectivity index (χ3v) is 16.1. The molecular formula is C47H78N2O12. The Balaban J connectivity index is 1.24. The number of nitrogens with one attached hydrogen (secondary N) is 1. The molecule has 348 valence electrons. The smallest absolute Gasteiger partial charge is 0.318 e. The summed E-state index contributed by atoms with van der Waals surface area (Å²) in [6.45, 7) is 21.6. The number of morpholine rings is 1. The second kappa shape index (κ2) is 19.1. The first kappa shape index (κ1) is 48.3. The number of amides is 2. The number of aliphatic carboxylic acids is 1. The Labute approximate surface area is 364 Å². The highest BCUT2D eigenvalue weighted by atomic mass is 16.8. The third-order valence-electron chi connectivity index (χ3n) is 16.1. The monoisotopic (exact) mass is 863 g/mol. The van der Waals surface area contributed by atoms with Gasteiger partial charge in [-0.1, -0.05) is 61.5 Å². The van der Waals surface area contributed by atoms with Crippen molar-refractivity contribution in [2.45, 2.75) is 199 Å². The molecule has 14 nitrogen and oxygen atoms in total. The largest absolute Gasteiger partial charge is 0.481 e. The number of nitrogens with zero attached hydrogens (tertiary/aromatic N) is 1. The van der Waals surface area contributed by atoms with Gasteiger partial charge in [-0.05, 0) is 89.5 Å². The lowest BCUT2D eigenvalue weighted by atomic mass is 9.72. The average Bonchev–Trinajstić information content (AvgIpc) is 3.58. The summed E-state index contributed by atoms with van der Waals surface area (Å²) in [6.07, 6.45) is 6.63. The molecule has 14 heteroatoms. The molecule has 0 aliphatic carbocycles. The van der Waals surface area contributed by atoms with Gasteiger partial charge < -0.3 is 54.0 Å². The number of carbonyl (C=O) groups excluding carboxylic acids is 2. The van der Waals surface area contributed by atoms with Crippen molar-refractivity contribution < 1.29 is 58.1 Å². The Bertz CT molecular complexity index is 1580. The summed E-state index contributed by atoms with van der Waals surface area (Å²) >= 11 is 0. The number of ketones is 1. The van der Waals surface area contributed by atoms with Crippen LogP contribution in [-0.4, -0.2) is 130 Å². The number of hydrogen-bond donors (Lipinski definition) is 4. The molecule has 2 spiro atoms. The van der Waals surface area contributed by atoms with E-state index in [1.165, 1.54) is 0 Å². The molecule has 5 fully saturated rings. The van der Waals surface area contributed by atoms with Gasteiger partial charge in [0.15, 0.2) is 11.6 Å². The standard InChI is InChI=1S/C47H78N2O12/c1-11-33(42(52)53)35-15-14-27(4)40(58-35)31(8)38(50)30(7)39(51)34(12-2)41-28(5)26-29(6)46(59-41)19-16-36(48-43(54)49-22-24-56-25-23-49)47(61-46)21-20-44(10,60-47)37-17-18-45(55,13-3)32(9)57-37/h16,19,27-38,40-41,50,55H,11-15,17-18,20-26H2,1-10H3,(H,48,54)(H,52,53)/t27-,28-,29+,30-,31-,32-,33+,34-,35+,36+,37+,38+,40+,41-,44-,45+,46-,47-/m0/s1. The number of aliphatic hydroxyl groups excluding tert-OH is 1. The lowest BCUT2D eigenvalue weighted by Crippen LogP contribution is -2.66. The van der Waals surface area contributed by atoms with Crippen LogP contribution in [0.1, 0.15) is 133 Å². The average molecular weight is 863 g/mol. The first-order valence-corrected chi connectivity index (χ1v) is 23.7. The minimum atomic E-state index is -1.33. The van der Waals surface area contributed by atoms with Crippen LogP contribution >= 0.6 is 0 Å². The van der Waals surface area contributed by atoms with Gasteiger partial charge >= 0.3 is 12.0 Å². The quantitative estimate of drug-likeness (QED) is 0.153. The maximum absolute atomic E-state index is 14.7. The maximum atomic E-state index is 14.7. The molecule has 0 radical (unpaired) electrons. The summed E-state index contributed by atoms with van der Waals surface area (Å²) in [5.74, 6) is -5.97. The van der Waals surface area contributed by atoms with Crippen LogP contribution in [-0.2, 0) is 38.0 Å². The van der Waals surface area contributed by atoms with Crippen molar-refractivity contribution in [3.8, 4) is 0 Å². The molecule has 6 aliphatic heterocycles. The lowest BCUT2D eigenvalue weighted by Gasteiger charge is -2.55. The minimum Gasteiger partial charge on any atom is -0.481 e. The van der Waals surface area contributed by atoms with E-state index >= 15 is 0 Å². The van der Waals surface area contributed by atoms with Gasteiger partial charge in [0.1, 0.15) is 11.8 Å². The number of urea groups is 1. The van der Waals surface area contributed by atoms with E-state index in [1.54, 1.807) is 11.8 Å². The third kappa shape index (κ3) is 9.49. The number of carboxylic acids is 1. The topological polar surface area (TPSA) is 183 Å². The highest BCUT2D eigenvalue weighted by molar-refractivity contribution is 5.84. The molecular weight excluding hydrogens is 785 g/mol. The molecule has 6 rings (SSSR count). The predicted molar refractivity (Wildman–Crippen MR) is 227 cm³/mol. The number of aliphatic hydroxyl groups is 2. The van der Waals surface area contributed by atoms with E-state index in [2.05, 4.69) is 26.1 Å². The first-order valence-electron chi connectivity index (χ1n) is 23.7. The van der Waals surface area contributed by atoms with Crippen LogP contribution in [0.15, 0.2) is 12.2 Å². The van der Waals surface area contributed by atoms with Gasteiger partial charge in [-0.3, -0.25) is 9.59 Å². The summed E-state index contributed by atoms with van der Waals surface area (Å²) < 4.78 is 40.1. The SMILES string of the molecule is CC[C@@H](C(=O)[C@@H](C)[C@@H](O)[C@H](C)[C@@H]1O[C@@H]([C@@H](CC)C(=O)O)CC[C@@H]1C)[C@H]1O[C@]2(C=C[C@@H](NC(=O)N3CCOCC3)[C@]3(CC[C@@](C)([C@H]4CC[C@](O)(CC)[C@H](C)O4)O3)O2)[C@H](C)C[C@@H]1C. The van der Waals surface area contributed by atoms with Gasteiger partial charge in [0.2, 0.25) is 0 Å². The van der Waals surface area contributed by atoms with Crippen LogP contribution in [0.2, 0.25) is 0 Å². The summed E-state index contributed by atoms with van der Waals surface area (Å²) in [6, 6.07) is -0.896. The molecule has 0 aromatic rings. The van der Waals surface area contributed by atoms with Crippen LogP contribution in [0, 0.1) is 41.4 Å². The zero-order valence-electron chi connectivity index (χ0n) is 38.6. The Morgan fingerprint density at radius 3 is 2.20 bits per heavy atom. The Morgan fingerprint density at radius 2 is 1.57 bits per heavy atom. The maximum Gasteiger partial charge on any atom is 0.318 e. The van der Waals surface area contributed by atoms with E-state index in [-0.39, 0.29) is 41.8 Å². The molecule has 0 aromatic heterocycles. The normalized spacial score (nSPS) is 43.1. The second-order valence-corrected chi connectivity index (χ2v) is 20.0. The van der Waals surface area contributed by atoms with Gasteiger partial charge in [0, 0.05) is 43.2 Å². The van der Waals surface area contributed by atoms with Crippen LogP contribution in [0.3, 0.4) is 0 Å². The molecule has 6 heterocycles. The van der Waals surface area contributed by atoms with Crippen molar-refractivity contribution in [2.75, 3.05) is 26.3 Å². The van der Waals surface area contributed by atoms with Crippen LogP contribution in [0.25, 0.3) is 0 Å². The van der Waals surface area contributed by atoms with E-state index in [0.29, 0.717) is 84.1 Å². The van der Waals surface area contributed by atoms with Crippen LogP contribution < -0.4 is 5.32 Å². The molecule has 4 N–H and O–H groups in total. The van der Waals surface area contributed by atoms with Gasteiger partial charge in [-0.25, -0.2) is 4.79 Å². The zero-order chi connectivity index (χ0) is 44.7. The molecule has 0 bridgehead atoms. The molecule has 2 amide bonds. The van der Waals surface area contributed by atoms with Crippen molar-refractivity contribution >= 4 is 17.8 Å². The summed E-state index contributed by atoms with van der Waals surface area (Å²) in [5, 5.41) is 36.2. The van der Waals surface area contributed by atoms with Crippen LogP contribution in [0.4, 0.5) is 4.79 Å². The van der Waals surface area contributed by atoms with E-state index in [9.17, 15) is 29.7 Å². The number of carboxylic acid groups (broad SMARTS) is 1. The Kier molecular flexibility index (Phi) is 15.1. The summed E-state index contributed by atoms with van der Waals surface area (Å²) in [4.78, 5) is 42.2. The highest BCUT2D eigenvalue weighted by Crippen LogP contribution is 2.54. The first-order chi connectivity index (χ1) is 28.8. The molecule has 5 saturated heterocycles. The Morgan fingerprint density at radius 1 is 0.885 bits per heavy atom. The van der Waals surface area contributed by atoms with E-state index in [1.807, 2.05) is 53.7 Å².